The highest BCUT2D eigenvalue weighted by molar-refractivity contribution is 6.13. The largest absolute Gasteiger partial charge is 0.493 e. The Hall–Kier alpha value is -3.33. The molecule has 2 aromatic carbocycles. The monoisotopic (exact) mass is 427 g/mol. The van der Waals surface area contributed by atoms with Crippen molar-refractivity contribution >= 4 is 23.3 Å². The van der Waals surface area contributed by atoms with Crippen LogP contribution in [0.1, 0.15) is 18.1 Å². The van der Waals surface area contributed by atoms with Gasteiger partial charge >= 0.3 is 6.09 Å². The van der Waals surface area contributed by atoms with Crippen LogP contribution in [-0.4, -0.2) is 56.3 Å². The van der Waals surface area contributed by atoms with E-state index < -0.39 is 6.09 Å². The van der Waals surface area contributed by atoms with Gasteiger partial charge in [0.05, 0.1) is 18.5 Å². The normalized spacial score (nSPS) is 17.9. The van der Waals surface area contributed by atoms with Gasteiger partial charge in [-0.3, -0.25) is 0 Å². The van der Waals surface area contributed by atoms with Gasteiger partial charge in [-0.1, -0.05) is 12.1 Å². The Labute approximate surface area is 180 Å². The van der Waals surface area contributed by atoms with Crippen LogP contribution in [0.25, 0.3) is 0 Å². The molecule has 2 aliphatic heterocycles. The minimum atomic E-state index is -0.438. The van der Waals surface area contributed by atoms with Crippen molar-refractivity contribution < 1.29 is 18.7 Å². The highest BCUT2D eigenvalue weighted by atomic mass is 19.1. The van der Waals surface area contributed by atoms with Crippen LogP contribution in [0.15, 0.2) is 35.3 Å². The second-order valence-electron chi connectivity index (χ2n) is 7.57. The van der Waals surface area contributed by atoms with Crippen molar-refractivity contribution in [2.75, 3.05) is 44.0 Å². The Morgan fingerprint density at radius 2 is 2.16 bits per heavy atom. The Balaban J connectivity index is 1.63. The summed E-state index contributed by atoms with van der Waals surface area (Å²) in [6, 6.07) is 8.60. The standard InChI is InChI=1S/C22H26FN5O3/c1-13-5-4-6-16(20(13)23)27-21-15-9-19(18(30-3)10-17(15)25-12-26-21)31-22(29)28-8-7-24-11-14(28)2/h4-6,9-10,14,24-25H,7-8,11-12H2,1-3H3,(H,26,27)/t14-/m1/s1. The van der Waals surface area contributed by atoms with Crippen molar-refractivity contribution in [3.8, 4) is 11.5 Å². The summed E-state index contributed by atoms with van der Waals surface area (Å²) in [5.74, 6) is 0.845. The van der Waals surface area contributed by atoms with E-state index in [-0.39, 0.29) is 17.6 Å². The Morgan fingerprint density at radius 1 is 1.32 bits per heavy atom. The summed E-state index contributed by atoms with van der Waals surface area (Å²) in [4.78, 5) is 18.9. The number of amidine groups is 1. The van der Waals surface area contributed by atoms with Gasteiger partial charge in [0.25, 0.3) is 0 Å². The predicted molar refractivity (Wildman–Crippen MR) is 118 cm³/mol. The summed E-state index contributed by atoms with van der Waals surface area (Å²) in [5, 5.41) is 9.49. The summed E-state index contributed by atoms with van der Waals surface area (Å²) in [6.07, 6.45) is -0.438. The number of benzene rings is 2. The van der Waals surface area contributed by atoms with Crippen molar-refractivity contribution in [2.45, 2.75) is 19.9 Å². The van der Waals surface area contributed by atoms with E-state index in [2.05, 4.69) is 20.9 Å². The van der Waals surface area contributed by atoms with Gasteiger partial charge in [-0.2, -0.15) is 0 Å². The first-order valence-electron chi connectivity index (χ1n) is 10.2. The number of rotatable bonds is 3. The van der Waals surface area contributed by atoms with E-state index in [1.54, 1.807) is 42.2 Å². The Bertz CT molecular complexity index is 1030. The molecule has 8 nitrogen and oxygen atoms in total. The number of carbonyl (C=O) groups excluding carboxylic acids is 1. The van der Waals surface area contributed by atoms with Gasteiger partial charge in [0.15, 0.2) is 11.5 Å². The summed E-state index contributed by atoms with van der Waals surface area (Å²) in [5.41, 5.74) is 2.27. The number of anilines is 2. The zero-order valence-corrected chi connectivity index (χ0v) is 17.8. The highest BCUT2D eigenvalue weighted by Gasteiger charge is 2.27. The minimum absolute atomic E-state index is 0.0228. The molecule has 9 heteroatoms. The van der Waals surface area contributed by atoms with Crippen LogP contribution in [0.4, 0.5) is 20.6 Å². The molecule has 3 N–H and O–H groups in total. The zero-order chi connectivity index (χ0) is 22.0. The molecule has 0 aromatic heterocycles. The lowest BCUT2D eigenvalue weighted by Crippen LogP contribution is -2.53. The second-order valence-corrected chi connectivity index (χ2v) is 7.57. The number of nitrogens with one attached hydrogen (secondary N) is 3. The molecule has 1 saturated heterocycles. The number of fused-ring (bicyclic) bond motifs is 1. The summed E-state index contributed by atoms with van der Waals surface area (Å²) in [7, 11) is 1.52. The van der Waals surface area contributed by atoms with Gasteiger partial charge in [0.2, 0.25) is 0 Å². The number of piperazine rings is 1. The third-order valence-corrected chi connectivity index (χ3v) is 5.44. The van der Waals surface area contributed by atoms with Crippen LogP contribution in [0.2, 0.25) is 0 Å². The topological polar surface area (TPSA) is 87.2 Å². The number of ether oxygens (including phenoxy) is 2. The Kier molecular flexibility index (Phi) is 5.94. The lowest BCUT2D eigenvalue weighted by Gasteiger charge is -2.33. The van der Waals surface area contributed by atoms with Gasteiger partial charge in [-0.15, -0.1) is 0 Å². The number of amides is 1. The van der Waals surface area contributed by atoms with Gasteiger partial charge in [0.1, 0.15) is 18.3 Å². The highest BCUT2D eigenvalue weighted by Crippen LogP contribution is 2.36. The molecule has 2 heterocycles. The molecule has 2 aromatic rings. The minimum Gasteiger partial charge on any atom is -0.493 e. The average Bonchev–Trinajstić information content (AvgIpc) is 2.77. The molecular formula is C22H26FN5O3. The maximum atomic E-state index is 14.5. The molecule has 2 aliphatic rings. The third-order valence-electron chi connectivity index (χ3n) is 5.44. The van der Waals surface area contributed by atoms with Crippen LogP contribution in [0, 0.1) is 12.7 Å². The lowest BCUT2D eigenvalue weighted by atomic mass is 10.1. The number of aliphatic imine (C=N–C) groups is 1. The first-order chi connectivity index (χ1) is 15.0. The number of nitrogens with zero attached hydrogens (tertiary/aromatic N) is 2. The molecular weight excluding hydrogens is 401 g/mol. The van der Waals surface area contributed by atoms with Gasteiger partial charge in [-0.05, 0) is 31.5 Å². The van der Waals surface area contributed by atoms with Gasteiger partial charge in [0, 0.05) is 37.3 Å². The van der Waals surface area contributed by atoms with Crippen molar-refractivity contribution in [3.63, 3.8) is 0 Å². The molecule has 1 atom stereocenters. The van der Waals surface area contributed by atoms with E-state index in [1.165, 1.54) is 7.11 Å². The predicted octanol–water partition coefficient (Wildman–Crippen LogP) is 3.18. The molecule has 0 aliphatic carbocycles. The fourth-order valence-corrected chi connectivity index (χ4v) is 3.67. The average molecular weight is 427 g/mol. The molecule has 164 valence electrons. The van der Waals surface area contributed by atoms with E-state index in [0.29, 0.717) is 54.7 Å². The maximum absolute atomic E-state index is 14.5. The molecule has 0 bridgehead atoms. The van der Waals surface area contributed by atoms with Gasteiger partial charge in [-0.25, -0.2) is 14.2 Å². The smallest absolute Gasteiger partial charge is 0.415 e. The van der Waals surface area contributed by atoms with Crippen LogP contribution in [-0.2, 0) is 0 Å². The Morgan fingerprint density at radius 3 is 2.94 bits per heavy atom. The zero-order valence-electron chi connectivity index (χ0n) is 17.8. The van der Waals surface area contributed by atoms with Crippen LogP contribution in [0.5, 0.6) is 11.5 Å². The number of aryl methyl sites for hydroxylation is 1. The summed E-state index contributed by atoms with van der Waals surface area (Å²) < 4.78 is 25.7. The van der Waals surface area contributed by atoms with E-state index >= 15 is 0 Å². The van der Waals surface area contributed by atoms with Crippen LogP contribution in [0.3, 0.4) is 0 Å². The van der Waals surface area contributed by atoms with Crippen molar-refractivity contribution in [3.05, 3.63) is 47.3 Å². The SMILES string of the molecule is COc1cc2c(cc1OC(=O)N1CCNC[C@H]1C)C(Nc1cccc(C)c1F)=NCN2. The number of hydrogen-bond acceptors (Lipinski definition) is 7. The third kappa shape index (κ3) is 4.27. The molecule has 0 spiro atoms. The number of hydrogen-bond donors (Lipinski definition) is 3. The van der Waals surface area contributed by atoms with Crippen molar-refractivity contribution in [1.29, 1.82) is 0 Å². The van der Waals surface area contributed by atoms with E-state index in [1.807, 2.05) is 6.92 Å². The fourth-order valence-electron chi connectivity index (χ4n) is 3.67. The van der Waals surface area contributed by atoms with Crippen LogP contribution >= 0.6 is 0 Å². The summed E-state index contributed by atoms with van der Waals surface area (Å²) >= 11 is 0. The van der Waals surface area contributed by atoms with E-state index in [9.17, 15) is 9.18 Å². The first-order valence-corrected chi connectivity index (χ1v) is 10.2. The molecule has 0 unspecified atom stereocenters. The number of halogens is 1. The number of carbonyl (C=O) groups is 1. The van der Waals surface area contributed by atoms with Crippen molar-refractivity contribution in [2.24, 2.45) is 4.99 Å². The molecule has 0 radical (unpaired) electrons. The maximum Gasteiger partial charge on any atom is 0.415 e. The van der Waals surface area contributed by atoms with Crippen molar-refractivity contribution in [1.82, 2.24) is 10.2 Å². The molecule has 1 amide bonds. The second kappa shape index (κ2) is 8.81. The van der Waals surface area contributed by atoms with Crippen LogP contribution < -0.4 is 25.4 Å². The fraction of sp³-hybridized carbons (Fsp3) is 0.364. The van der Waals surface area contributed by atoms with E-state index in [4.69, 9.17) is 9.47 Å². The molecule has 4 rings (SSSR count). The number of methoxy groups -OCH3 is 1. The lowest BCUT2D eigenvalue weighted by molar-refractivity contribution is 0.123. The first kappa shape index (κ1) is 20.9. The summed E-state index contributed by atoms with van der Waals surface area (Å²) in [6.45, 7) is 5.99. The quantitative estimate of drug-likeness (QED) is 0.698. The molecule has 0 saturated carbocycles. The van der Waals surface area contributed by atoms with E-state index in [0.717, 1.165) is 5.69 Å². The van der Waals surface area contributed by atoms with Gasteiger partial charge < -0.3 is 30.3 Å². The molecule has 1 fully saturated rings. The molecule has 31 heavy (non-hydrogen) atoms.